The molecule has 1 aromatic heterocycles. The summed E-state index contributed by atoms with van der Waals surface area (Å²) < 4.78 is 33.8. The van der Waals surface area contributed by atoms with Crippen LogP contribution >= 0.6 is 11.6 Å². The van der Waals surface area contributed by atoms with Crippen molar-refractivity contribution in [3.05, 3.63) is 76.2 Å². The zero-order valence-electron chi connectivity index (χ0n) is 26.3. The number of hydrogen-bond acceptors (Lipinski definition) is 10. The summed E-state index contributed by atoms with van der Waals surface area (Å²) in [4.78, 5) is 33.3. The van der Waals surface area contributed by atoms with Crippen molar-refractivity contribution >= 4 is 23.7 Å². The molecule has 0 bridgehead atoms. The number of benzene rings is 2. The third-order valence-corrected chi connectivity index (χ3v) is 7.84. The summed E-state index contributed by atoms with van der Waals surface area (Å²) in [5.74, 6) is 1.59. The molecular formula is C33H40ClN3O9. The SMILES string of the molecule is COC(=O)Cc1c(Cl)nc(C)nc1OCCOC1CN(C(=O)O)CCC1c1ccc(OCCCOCc2ccccc2OC)cc1. The highest BCUT2D eigenvalue weighted by molar-refractivity contribution is 6.30. The molecule has 2 heterocycles. The van der Waals surface area contributed by atoms with Crippen molar-refractivity contribution < 1.29 is 43.1 Å². The smallest absolute Gasteiger partial charge is 0.407 e. The molecule has 1 saturated heterocycles. The normalized spacial score (nSPS) is 16.1. The van der Waals surface area contributed by atoms with E-state index in [9.17, 15) is 14.7 Å². The predicted octanol–water partition coefficient (Wildman–Crippen LogP) is 5.08. The van der Waals surface area contributed by atoms with Gasteiger partial charge < -0.3 is 38.4 Å². The van der Waals surface area contributed by atoms with Crippen molar-refractivity contribution in [2.24, 2.45) is 0 Å². The summed E-state index contributed by atoms with van der Waals surface area (Å²) in [5, 5.41) is 9.73. The number of ether oxygens (including phenoxy) is 6. The van der Waals surface area contributed by atoms with Crippen LogP contribution in [0.5, 0.6) is 17.4 Å². The van der Waals surface area contributed by atoms with E-state index in [1.54, 1.807) is 14.0 Å². The Hall–Kier alpha value is -4.13. The number of likely N-dealkylation sites (tertiary alicyclic amines) is 1. The van der Waals surface area contributed by atoms with Crippen LogP contribution in [-0.2, 0) is 32.0 Å². The molecule has 0 spiro atoms. The second-order valence-electron chi connectivity index (χ2n) is 10.6. The molecule has 0 saturated carbocycles. The van der Waals surface area contributed by atoms with E-state index in [0.29, 0.717) is 44.2 Å². The summed E-state index contributed by atoms with van der Waals surface area (Å²) in [7, 11) is 2.93. The average molecular weight is 658 g/mol. The van der Waals surface area contributed by atoms with E-state index in [-0.39, 0.29) is 43.1 Å². The van der Waals surface area contributed by atoms with E-state index in [4.69, 9.17) is 40.0 Å². The van der Waals surface area contributed by atoms with Crippen LogP contribution in [0.4, 0.5) is 4.79 Å². The van der Waals surface area contributed by atoms with Crippen LogP contribution in [-0.4, -0.2) is 91.9 Å². The molecule has 2 atom stereocenters. The number of esters is 1. The Labute approximate surface area is 273 Å². The zero-order valence-corrected chi connectivity index (χ0v) is 27.0. The lowest BCUT2D eigenvalue weighted by molar-refractivity contribution is -0.139. The van der Waals surface area contributed by atoms with Gasteiger partial charge in [0.2, 0.25) is 5.88 Å². The summed E-state index contributed by atoms with van der Waals surface area (Å²) in [6.07, 6.45) is -0.191. The number of carbonyl (C=O) groups is 2. The number of amides is 1. The molecule has 4 rings (SSSR count). The Balaban J connectivity index is 1.28. The van der Waals surface area contributed by atoms with Gasteiger partial charge in [-0.3, -0.25) is 4.79 Å². The van der Waals surface area contributed by atoms with Gasteiger partial charge in [-0.1, -0.05) is 41.9 Å². The number of para-hydroxylation sites is 1. The second kappa shape index (κ2) is 17.5. The number of hydrogen-bond donors (Lipinski definition) is 1. The van der Waals surface area contributed by atoms with Gasteiger partial charge in [0.15, 0.2) is 0 Å². The van der Waals surface area contributed by atoms with Gasteiger partial charge in [0, 0.05) is 24.4 Å². The standard InChI is InChI=1S/C33H40ClN3O9/c1-22-35-31(34)27(19-30(38)42-3)32(36-22)46-18-17-45-29-20-37(33(39)40)14-13-26(29)23-9-11-25(12-10-23)44-16-6-15-43-21-24-7-4-5-8-28(24)41-2/h4-5,7-12,26,29H,6,13-21H2,1-3H3,(H,39,40). The van der Waals surface area contributed by atoms with Gasteiger partial charge in [0.25, 0.3) is 0 Å². The van der Waals surface area contributed by atoms with E-state index in [0.717, 1.165) is 29.0 Å². The van der Waals surface area contributed by atoms with Crippen molar-refractivity contribution in [3.8, 4) is 17.4 Å². The first-order chi connectivity index (χ1) is 22.3. The molecule has 2 unspecified atom stereocenters. The fraction of sp³-hybridized carbons (Fsp3) is 0.455. The lowest BCUT2D eigenvalue weighted by Gasteiger charge is -2.37. The van der Waals surface area contributed by atoms with Gasteiger partial charge >= 0.3 is 12.1 Å². The number of piperidine rings is 1. The summed E-state index contributed by atoms with van der Waals surface area (Å²) >= 11 is 6.24. The first kappa shape index (κ1) is 34.7. The highest BCUT2D eigenvalue weighted by atomic mass is 35.5. The van der Waals surface area contributed by atoms with Crippen LogP contribution in [0.25, 0.3) is 0 Å². The summed E-state index contributed by atoms with van der Waals surface area (Å²) in [6.45, 7) is 4.09. The third-order valence-electron chi connectivity index (χ3n) is 7.52. The zero-order chi connectivity index (χ0) is 32.9. The van der Waals surface area contributed by atoms with Crippen molar-refractivity contribution in [3.63, 3.8) is 0 Å². The molecule has 0 radical (unpaired) electrons. The van der Waals surface area contributed by atoms with E-state index in [1.807, 2.05) is 48.5 Å². The van der Waals surface area contributed by atoms with Crippen LogP contribution in [0.15, 0.2) is 48.5 Å². The molecule has 46 heavy (non-hydrogen) atoms. The van der Waals surface area contributed by atoms with Crippen molar-refractivity contribution in [2.45, 2.75) is 44.8 Å². The Morgan fingerprint density at radius 3 is 2.52 bits per heavy atom. The molecule has 0 aliphatic carbocycles. The maximum Gasteiger partial charge on any atom is 0.407 e. The fourth-order valence-electron chi connectivity index (χ4n) is 5.17. The molecule has 3 aromatic rings. The summed E-state index contributed by atoms with van der Waals surface area (Å²) in [5.41, 5.74) is 2.36. The van der Waals surface area contributed by atoms with E-state index in [1.165, 1.54) is 12.0 Å². The summed E-state index contributed by atoms with van der Waals surface area (Å²) in [6, 6.07) is 15.6. The molecule has 1 fully saturated rings. The number of rotatable bonds is 16. The van der Waals surface area contributed by atoms with Crippen LogP contribution in [0.2, 0.25) is 5.15 Å². The first-order valence-electron chi connectivity index (χ1n) is 15.0. The lowest BCUT2D eigenvalue weighted by Crippen LogP contribution is -2.46. The molecule has 12 nitrogen and oxygen atoms in total. The minimum absolute atomic E-state index is 0.0290. The number of nitrogens with zero attached hydrogens (tertiary/aromatic N) is 3. The minimum Gasteiger partial charge on any atom is -0.496 e. The van der Waals surface area contributed by atoms with Gasteiger partial charge in [-0.15, -0.1) is 0 Å². The molecule has 1 aliphatic heterocycles. The average Bonchev–Trinajstić information content (AvgIpc) is 3.06. The highest BCUT2D eigenvalue weighted by Gasteiger charge is 2.33. The first-order valence-corrected chi connectivity index (χ1v) is 15.4. The Bertz CT molecular complexity index is 1440. The molecule has 2 aromatic carbocycles. The van der Waals surface area contributed by atoms with E-state index in [2.05, 4.69) is 9.97 Å². The highest BCUT2D eigenvalue weighted by Crippen LogP contribution is 2.32. The number of methoxy groups -OCH3 is 2. The molecule has 1 amide bonds. The number of aromatic nitrogens is 2. The van der Waals surface area contributed by atoms with Crippen molar-refractivity contribution in [1.82, 2.24) is 14.9 Å². The van der Waals surface area contributed by atoms with Crippen molar-refractivity contribution in [2.75, 3.05) is 53.7 Å². The third kappa shape index (κ3) is 9.93. The molecule has 1 aliphatic rings. The number of aryl methyl sites for hydroxylation is 1. The molecule has 248 valence electrons. The van der Waals surface area contributed by atoms with Crippen molar-refractivity contribution in [1.29, 1.82) is 0 Å². The van der Waals surface area contributed by atoms with Crippen LogP contribution in [0.1, 0.15) is 41.3 Å². The Morgan fingerprint density at radius 2 is 1.78 bits per heavy atom. The van der Waals surface area contributed by atoms with Crippen LogP contribution < -0.4 is 14.2 Å². The van der Waals surface area contributed by atoms with Crippen LogP contribution in [0.3, 0.4) is 0 Å². The second-order valence-corrected chi connectivity index (χ2v) is 11.0. The van der Waals surface area contributed by atoms with Gasteiger partial charge in [-0.05, 0) is 37.1 Å². The maximum absolute atomic E-state index is 11.9. The van der Waals surface area contributed by atoms with Gasteiger partial charge in [-0.25, -0.2) is 9.78 Å². The maximum atomic E-state index is 11.9. The quantitative estimate of drug-likeness (QED) is 0.125. The lowest BCUT2D eigenvalue weighted by atomic mass is 9.87. The monoisotopic (exact) mass is 657 g/mol. The fourth-order valence-corrected chi connectivity index (χ4v) is 5.44. The minimum atomic E-state index is -0.988. The number of carbonyl (C=O) groups excluding carboxylic acids is 1. The number of halogens is 1. The topological polar surface area (TPSA) is 139 Å². The van der Waals surface area contributed by atoms with Gasteiger partial charge in [0.1, 0.15) is 29.1 Å². The molecule has 13 heteroatoms. The molecule has 1 N–H and O–H groups in total. The Morgan fingerprint density at radius 1 is 1.00 bits per heavy atom. The van der Waals surface area contributed by atoms with Gasteiger partial charge in [-0.2, -0.15) is 4.98 Å². The predicted molar refractivity (Wildman–Crippen MR) is 169 cm³/mol. The Kier molecular flexibility index (Phi) is 13.2. The van der Waals surface area contributed by atoms with Crippen LogP contribution in [0, 0.1) is 6.92 Å². The largest absolute Gasteiger partial charge is 0.496 e. The van der Waals surface area contributed by atoms with Gasteiger partial charge in [0.05, 0.1) is 65.3 Å². The van der Waals surface area contributed by atoms with E-state index >= 15 is 0 Å². The van der Waals surface area contributed by atoms with E-state index < -0.39 is 18.2 Å². The number of carboxylic acid groups (broad SMARTS) is 1. The molecular weight excluding hydrogens is 618 g/mol.